The number of hydrazine groups is 2. The van der Waals surface area contributed by atoms with E-state index in [-0.39, 0.29) is 11.6 Å². The van der Waals surface area contributed by atoms with Crippen molar-refractivity contribution in [3.63, 3.8) is 0 Å². The maximum Gasteiger partial charge on any atom is 0.274 e. The van der Waals surface area contributed by atoms with Crippen LogP contribution in [0.4, 0.5) is 5.69 Å². The molecule has 2 aromatic heterocycles. The molecule has 2 amide bonds. The molecule has 0 aliphatic carbocycles. The average Bonchev–Trinajstić information content (AvgIpc) is 3.10. The van der Waals surface area contributed by atoms with Crippen LogP contribution in [0.2, 0.25) is 5.02 Å². The number of hydrogen-bond acceptors (Lipinski definition) is 6. The van der Waals surface area contributed by atoms with E-state index in [9.17, 15) is 9.59 Å². The van der Waals surface area contributed by atoms with E-state index in [1.807, 2.05) is 0 Å². The SMILES string of the molecule is CN(C)NN(C)C(=O)c1cc(Br)ccc1NC(=O)c1cc(Br)nn1-c1ncccc1Cl. The molecule has 31 heavy (non-hydrogen) atoms. The number of anilines is 1. The Bertz CT molecular complexity index is 1140. The van der Waals surface area contributed by atoms with Crippen LogP contribution in [0.3, 0.4) is 0 Å². The van der Waals surface area contributed by atoms with E-state index in [0.717, 1.165) is 0 Å². The van der Waals surface area contributed by atoms with Crippen molar-refractivity contribution in [1.82, 2.24) is 30.3 Å². The molecule has 0 saturated carbocycles. The van der Waals surface area contributed by atoms with E-state index in [0.29, 0.717) is 31.2 Å². The van der Waals surface area contributed by atoms with Crippen molar-refractivity contribution >= 4 is 61.0 Å². The predicted octanol–water partition coefficient (Wildman–Crippen LogP) is 3.75. The van der Waals surface area contributed by atoms with Gasteiger partial charge in [0.25, 0.3) is 11.8 Å². The number of hydrogen-bond donors (Lipinski definition) is 2. The number of nitrogens with zero attached hydrogens (tertiary/aromatic N) is 5. The summed E-state index contributed by atoms with van der Waals surface area (Å²) in [6.45, 7) is 0. The van der Waals surface area contributed by atoms with Crippen molar-refractivity contribution in [1.29, 1.82) is 0 Å². The molecule has 12 heteroatoms. The number of amides is 2. The van der Waals surface area contributed by atoms with E-state index < -0.39 is 5.91 Å². The second kappa shape index (κ2) is 9.88. The summed E-state index contributed by atoms with van der Waals surface area (Å²) >= 11 is 12.9. The Hall–Kier alpha value is -2.31. The van der Waals surface area contributed by atoms with Gasteiger partial charge in [-0.25, -0.2) is 14.7 Å². The van der Waals surface area contributed by atoms with Gasteiger partial charge in [0.1, 0.15) is 10.3 Å². The minimum absolute atomic E-state index is 0.188. The predicted molar refractivity (Wildman–Crippen MR) is 125 cm³/mol. The highest BCUT2D eigenvalue weighted by Crippen LogP contribution is 2.25. The van der Waals surface area contributed by atoms with E-state index in [1.165, 1.54) is 9.69 Å². The summed E-state index contributed by atoms with van der Waals surface area (Å²) in [7, 11) is 5.11. The van der Waals surface area contributed by atoms with Crippen LogP contribution in [0.15, 0.2) is 51.7 Å². The topological polar surface area (TPSA) is 95.4 Å². The lowest BCUT2D eigenvalue weighted by Gasteiger charge is -2.24. The molecule has 0 fully saturated rings. The number of halogens is 3. The van der Waals surface area contributed by atoms with E-state index >= 15 is 0 Å². The van der Waals surface area contributed by atoms with Gasteiger partial charge in [0.2, 0.25) is 0 Å². The highest BCUT2D eigenvalue weighted by Gasteiger charge is 2.22. The van der Waals surface area contributed by atoms with Crippen LogP contribution in [-0.4, -0.2) is 57.7 Å². The van der Waals surface area contributed by atoms with Crippen LogP contribution in [-0.2, 0) is 0 Å². The summed E-state index contributed by atoms with van der Waals surface area (Å²) in [5.74, 6) is -0.519. The molecular weight excluding hydrogens is 554 g/mol. The number of pyridine rings is 1. The molecule has 0 unspecified atom stereocenters. The van der Waals surface area contributed by atoms with Gasteiger partial charge in [-0.2, -0.15) is 10.6 Å². The van der Waals surface area contributed by atoms with Gasteiger partial charge in [-0.05, 0) is 46.3 Å². The summed E-state index contributed by atoms with van der Waals surface area (Å²) in [5.41, 5.74) is 3.67. The van der Waals surface area contributed by atoms with Gasteiger partial charge in [0, 0.05) is 37.9 Å². The lowest BCUT2D eigenvalue weighted by atomic mass is 10.1. The van der Waals surface area contributed by atoms with Crippen LogP contribution in [0, 0.1) is 0 Å². The van der Waals surface area contributed by atoms with Crippen molar-refractivity contribution in [3.05, 3.63) is 68.0 Å². The van der Waals surface area contributed by atoms with Gasteiger partial charge >= 0.3 is 0 Å². The zero-order valence-electron chi connectivity index (χ0n) is 16.7. The lowest BCUT2D eigenvalue weighted by molar-refractivity contribution is 0.0482. The molecule has 2 heterocycles. The number of benzene rings is 1. The molecule has 162 valence electrons. The smallest absolute Gasteiger partial charge is 0.274 e. The molecule has 0 saturated heterocycles. The highest BCUT2D eigenvalue weighted by molar-refractivity contribution is 9.10. The lowest BCUT2D eigenvalue weighted by Crippen LogP contribution is -2.47. The molecule has 2 N–H and O–H groups in total. The molecule has 0 spiro atoms. The largest absolute Gasteiger partial charge is 0.320 e. The fraction of sp³-hybridized carbons (Fsp3) is 0.158. The third-order valence-corrected chi connectivity index (χ3v) is 5.14. The first-order chi connectivity index (χ1) is 14.7. The maximum atomic E-state index is 13.1. The Morgan fingerprint density at radius 2 is 1.87 bits per heavy atom. The second-order valence-electron chi connectivity index (χ2n) is 6.58. The van der Waals surface area contributed by atoms with E-state index in [1.54, 1.807) is 68.7 Å². The molecule has 0 atom stereocenters. The Labute approximate surface area is 200 Å². The summed E-state index contributed by atoms with van der Waals surface area (Å²) in [4.78, 5) is 30.2. The first-order valence-corrected chi connectivity index (χ1v) is 10.8. The third kappa shape index (κ3) is 5.49. The maximum absolute atomic E-state index is 13.1. The number of carbonyl (C=O) groups excluding carboxylic acids is 2. The van der Waals surface area contributed by atoms with Crippen molar-refractivity contribution in [2.45, 2.75) is 0 Å². The van der Waals surface area contributed by atoms with E-state index in [2.05, 4.69) is 52.8 Å². The number of carbonyl (C=O) groups is 2. The minimum Gasteiger partial charge on any atom is -0.320 e. The molecular formula is C19H18Br2ClN7O2. The first-order valence-electron chi connectivity index (χ1n) is 8.86. The molecule has 0 bridgehead atoms. The van der Waals surface area contributed by atoms with Gasteiger partial charge in [-0.1, -0.05) is 27.5 Å². The van der Waals surface area contributed by atoms with Gasteiger partial charge in [0.05, 0.1) is 16.3 Å². The van der Waals surface area contributed by atoms with Crippen molar-refractivity contribution in [2.75, 3.05) is 26.5 Å². The van der Waals surface area contributed by atoms with Gasteiger partial charge in [0.15, 0.2) is 5.82 Å². The van der Waals surface area contributed by atoms with Crippen LogP contribution in [0.5, 0.6) is 0 Å². The number of aromatic nitrogens is 3. The molecule has 3 aromatic rings. The molecule has 1 aromatic carbocycles. The molecule has 0 radical (unpaired) electrons. The Morgan fingerprint density at radius 3 is 2.55 bits per heavy atom. The quantitative estimate of drug-likeness (QED) is 0.438. The van der Waals surface area contributed by atoms with Crippen LogP contribution in [0.25, 0.3) is 5.82 Å². The summed E-state index contributed by atoms with van der Waals surface area (Å²) in [5, 5.41) is 10.3. The highest BCUT2D eigenvalue weighted by atomic mass is 79.9. The third-order valence-electron chi connectivity index (χ3n) is 3.97. The van der Waals surface area contributed by atoms with Crippen LogP contribution in [0.1, 0.15) is 20.8 Å². The zero-order chi connectivity index (χ0) is 22.7. The second-order valence-corrected chi connectivity index (χ2v) is 8.71. The van der Waals surface area contributed by atoms with Crippen molar-refractivity contribution < 1.29 is 9.59 Å². The summed E-state index contributed by atoms with van der Waals surface area (Å²) in [6, 6.07) is 9.88. The van der Waals surface area contributed by atoms with E-state index in [4.69, 9.17) is 11.6 Å². The normalized spacial score (nSPS) is 10.9. The number of rotatable bonds is 6. The van der Waals surface area contributed by atoms with Crippen LogP contribution >= 0.6 is 43.5 Å². The summed E-state index contributed by atoms with van der Waals surface area (Å²) in [6.07, 6.45) is 1.55. The molecule has 9 nitrogen and oxygen atoms in total. The fourth-order valence-electron chi connectivity index (χ4n) is 2.72. The standard InChI is InChI=1S/C19H18Br2ClN7O2/c1-27(2)26-28(3)19(31)12-9-11(20)6-7-14(12)24-18(30)15-10-16(21)25-29(15)17-13(22)5-4-8-23-17/h4-10,26H,1-3H3,(H,24,30). The van der Waals surface area contributed by atoms with Gasteiger partial charge in [-0.3, -0.25) is 14.6 Å². The Kier molecular flexibility index (Phi) is 7.44. The Balaban J connectivity index is 1.95. The van der Waals surface area contributed by atoms with Gasteiger partial charge < -0.3 is 5.32 Å². The molecule has 0 aliphatic heterocycles. The average molecular weight is 572 g/mol. The first kappa shape index (κ1) is 23.4. The zero-order valence-corrected chi connectivity index (χ0v) is 20.7. The number of nitrogens with one attached hydrogen (secondary N) is 2. The van der Waals surface area contributed by atoms with Gasteiger partial charge in [-0.15, -0.1) is 0 Å². The molecule has 0 aliphatic rings. The Morgan fingerprint density at radius 1 is 1.13 bits per heavy atom. The summed E-state index contributed by atoms with van der Waals surface area (Å²) < 4.78 is 2.46. The van der Waals surface area contributed by atoms with Crippen molar-refractivity contribution in [2.24, 2.45) is 0 Å². The monoisotopic (exact) mass is 569 g/mol. The minimum atomic E-state index is -0.487. The fourth-order valence-corrected chi connectivity index (χ4v) is 3.66. The molecule has 3 rings (SSSR count). The van der Waals surface area contributed by atoms with Crippen molar-refractivity contribution in [3.8, 4) is 5.82 Å². The van der Waals surface area contributed by atoms with Crippen LogP contribution < -0.4 is 10.9 Å².